The SMILES string of the molecule is COc1cccc(CCNC(=O)c2cn(C(C)C)cc(C(=O)N3CCC(C)CC3)c2=O)c1. The Morgan fingerprint density at radius 2 is 1.84 bits per heavy atom. The number of likely N-dealkylation sites (tertiary alicyclic amines) is 1. The van der Waals surface area contributed by atoms with Crippen molar-refractivity contribution >= 4 is 11.8 Å². The van der Waals surface area contributed by atoms with E-state index in [1.165, 1.54) is 0 Å². The third-order valence-electron chi connectivity index (χ3n) is 6.02. The molecule has 7 heteroatoms. The molecule has 0 aliphatic carbocycles. The molecule has 1 aromatic carbocycles. The Bertz CT molecular complexity index is 1020. The van der Waals surface area contributed by atoms with Crippen LogP contribution in [0.25, 0.3) is 0 Å². The third kappa shape index (κ3) is 5.58. The van der Waals surface area contributed by atoms with E-state index in [4.69, 9.17) is 4.74 Å². The molecule has 32 heavy (non-hydrogen) atoms. The maximum atomic E-state index is 13.1. The zero-order chi connectivity index (χ0) is 23.3. The van der Waals surface area contributed by atoms with E-state index in [2.05, 4.69) is 12.2 Å². The summed E-state index contributed by atoms with van der Waals surface area (Å²) in [6, 6.07) is 7.64. The number of benzene rings is 1. The number of hydrogen-bond acceptors (Lipinski definition) is 4. The first-order valence-corrected chi connectivity index (χ1v) is 11.3. The Morgan fingerprint density at radius 3 is 2.50 bits per heavy atom. The highest BCUT2D eigenvalue weighted by molar-refractivity contribution is 5.99. The monoisotopic (exact) mass is 439 g/mol. The summed E-state index contributed by atoms with van der Waals surface area (Å²) in [6.45, 7) is 7.72. The molecular formula is C25H33N3O4. The van der Waals surface area contributed by atoms with Crippen LogP contribution in [-0.2, 0) is 6.42 Å². The van der Waals surface area contributed by atoms with Gasteiger partial charge in [-0.2, -0.15) is 0 Å². The van der Waals surface area contributed by atoms with Crippen molar-refractivity contribution in [3.05, 3.63) is 63.6 Å². The first kappa shape index (κ1) is 23.6. The second-order valence-corrected chi connectivity index (χ2v) is 8.79. The van der Waals surface area contributed by atoms with Gasteiger partial charge in [0.1, 0.15) is 16.9 Å². The van der Waals surface area contributed by atoms with Crippen molar-refractivity contribution in [1.82, 2.24) is 14.8 Å². The van der Waals surface area contributed by atoms with Gasteiger partial charge in [-0.1, -0.05) is 19.1 Å². The van der Waals surface area contributed by atoms with Gasteiger partial charge in [0, 0.05) is 38.1 Å². The number of pyridine rings is 1. The molecule has 1 saturated heterocycles. The quantitative estimate of drug-likeness (QED) is 0.718. The molecule has 7 nitrogen and oxygen atoms in total. The van der Waals surface area contributed by atoms with Crippen LogP contribution < -0.4 is 15.5 Å². The molecule has 1 fully saturated rings. The molecule has 0 saturated carbocycles. The lowest BCUT2D eigenvalue weighted by Crippen LogP contribution is -2.41. The molecule has 2 aromatic rings. The number of hydrogen-bond donors (Lipinski definition) is 1. The minimum Gasteiger partial charge on any atom is -0.497 e. The highest BCUT2D eigenvalue weighted by atomic mass is 16.5. The van der Waals surface area contributed by atoms with E-state index in [1.807, 2.05) is 38.1 Å². The molecular weight excluding hydrogens is 406 g/mol. The lowest BCUT2D eigenvalue weighted by molar-refractivity contribution is 0.0695. The lowest BCUT2D eigenvalue weighted by Gasteiger charge is -2.30. The lowest BCUT2D eigenvalue weighted by atomic mass is 9.98. The number of methoxy groups -OCH3 is 1. The Kier molecular flexibility index (Phi) is 7.72. The van der Waals surface area contributed by atoms with E-state index in [0.29, 0.717) is 32.0 Å². The van der Waals surface area contributed by atoms with Crippen LogP contribution >= 0.6 is 0 Å². The first-order valence-electron chi connectivity index (χ1n) is 11.3. The zero-order valence-corrected chi connectivity index (χ0v) is 19.4. The van der Waals surface area contributed by atoms with Gasteiger partial charge in [-0.05, 0) is 56.7 Å². The molecule has 0 spiro atoms. The standard InChI is InChI=1S/C25H33N3O4/c1-17(2)28-15-21(24(30)26-11-8-19-6-5-7-20(14-19)32-4)23(29)22(16-28)25(31)27-12-9-18(3)10-13-27/h5-7,14-18H,8-13H2,1-4H3,(H,26,30). The summed E-state index contributed by atoms with van der Waals surface area (Å²) in [5.41, 5.74) is 0.575. The molecule has 0 radical (unpaired) electrons. The van der Waals surface area contributed by atoms with Crippen LogP contribution in [0.3, 0.4) is 0 Å². The highest BCUT2D eigenvalue weighted by Gasteiger charge is 2.26. The third-order valence-corrected chi connectivity index (χ3v) is 6.02. The highest BCUT2D eigenvalue weighted by Crippen LogP contribution is 2.18. The molecule has 1 aliphatic rings. The summed E-state index contributed by atoms with van der Waals surface area (Å²) in [7, 11) is 1.61. The molecule has 3 rings (SSSR count). The number of ether oxygens (including phenoxy) is 1. The van der Waals surface area contributed by atoms with Crippen molar-refractivity contribution in [1.29, 1.82) is 0 Å². The Labute approximate surface area is 189 Å². The van der Waals surface area contributed by atoms with Crippen LogP contribution in [0, 0.1) is 5.92 Å². The van der Waals surface area contributed by atoms with Gasteiger partial charge in [0.15, 0.2) is 0 Å². The van der Waals surface area contributed by atoms with Gasteiger partial charge in [0.05, 0.1) is 7.11 Å². The van der Waals surface area contributed by atoms with Gasteiger partial charge in [-0.15, -0.1) is 0 Å². The fraction of sp³-hybridized carbons (Fsp3) is 0.480. The summed E-state index contributed by atoms with van der Waals surface area (Å²) in [6.07, 6.45) is 5.58. The normalized spacial score (nSPS) is 14.5. The Morgan fingerprint density at radius 1 is 1.16 bits per heavy atom. The molecule has 0 unspecified atom stereocenters. The van der Waals surface area contributed by atoms with Gasteiger partial charge in [0.2, 0.25) is 5.43 Å². The minimum atomic E-state index is -0.510. The first-order chi connectivity index (χ1) is 15.3. The molecule has 2 heterocycles. The van der Waals surface area contributed by atoms with E-state index >= 15 is 0 Å². The van der Waals surface area contributed by atoms with Crippen LogP contribution in [0.4, 0.5) is 0 Å². The van der Waals surface area contributed by atoms with Gasteiger partial charge in [-0.25, -0.2) is 0 Å². The second kappa shape index (κ2) is 10.5. The number of nitrogens with one attached hydrogen (secondary N) is 1. The van der Waals surface area contributed by atoms with Gasteiger partial charge in [0.25, 0.3) is 11.8 Å². The largest absolute Gasteiger partial charge is 0.497 e. The average molecular weight is 440 g/mol. The van der Waals surface area contributed by atoms with Crippen molar-refractivity contribution in [2.24, 2.45) is 5.92 Å². The number of amides is 2. The summed E-state index contributed by atoms with van der Waals surface area (Å²) >= 11 is 0. The number of piperidine rings is 1. The van der Waals surface area contributed by atoms with E-state index in [1.54, 1.807) is 29.0 Å². The van der Waals surface area contributed by atoms with E-state index < -0.39 is 11.3 Å². The second-order valence-electron chi connectivity index (χ2n) is 8.79. The van der Waals surface area contributed by atoms with Crippen LogP contribution in [0.15, 0.2) is 41.5 Å². The summed E-state index contributed by atoms with van der Waals surface area (Å²) in [5.74, 6) is 0.580. The van der Waals surface area contributed by atoms with Gasteiger partial charge < -0.3 is 19.5 Å². The van der Waals surface area contributed by atoms with E-state index in [9.17, 15) is 14.4 Å². The van der Waals surface area contributed by atoms with Crippen molar-refractivity contribution in [3.63, 3.8) is 0 Å². The molecule has 172 valence electrons. The molecule has 1 N–H and O–H groups in total. The molecule has 1 aromatic heterocycles. The molecule has 2 amide bonds. The van der Waals surface area contributed by atoms with Crippen molar-refractivity contribution in [2.45, 2.75) is 46.1 Å². The average Bonchev–Trinajstić information content (AvgIpc) is 2.79. The Hall–Kier alpha value is -3.09. The minimum absolute atomic E-state index is 0.000528. The molecule has 1 aliphatic heterocycles. The summed E-state index contributed by atoms with van der Waals surface area (Å²) < 4.78 is 6.99. The van der Waals surface area contributed by atoms with Crippen molar-refractivity contribution < 1.29 is 14.3 Å². The predicted molar refractivity (Wildman–Crippen MR) is 124 cm³/mol. The number of carbonyl (C=O) groups excluding carboxylic acids is 2. The van der Waals surface area contributed by atoms with Crippen molar-refractivity contribution in [2.75, 3.05) is 26.7 Å². The predicted octanol–water partition coefficient (Wildman–Crippen LogP) is 3.28. The summed E-state index contributed by atoms with van der Waals surface area (Å²) in [5, 5.41) is 2.83. The maximum Gasteiger partial charge on any atom is 0.259 e. The maximum absolute atomic E-state index is 13.1. The van der Waals surface area contributed by atoms with E-state index in [0.717, 1.165) is 24.2 Å². The number of carbonyl (C=O) groups is 2. The number of rotatable bonds is 7. The number of nitrogens with zero attached hydrogens (tertiary/aromatic N) is 2. The smallest absolute Gasteiger partial charge is 0.259 e. The van der Waals surface area contributed by atoms with Crippen molar-refractivity contribution in [3.8, 4) is 5.75 Å². The zero-order valence-electron chi connectivity index (χ0n) is 19.4. The molecule has 0 atom stereocenters. The van der Waals surface area contributed by atoms with Gasteiger partial charge >= 0.3 is 0 Å². The van der Waals surface area contributed by atoms with Crippen LogP contribution in [-0.4, -0.2) is 48.0 Å². The Balaban J connectivity index is 1.78. The number of aromatic nitrogens is 1. The van der Waals surface area contributed by atoms with Gasteiger partial charge in [-0.3, -0.25) is 14.4 Å². The van der Waals surface area contributed by atoms with Crippen LogP contribution in [0.1, 0.15) is 65.9 Å². The van der Waals surface area contributed by atoms with E-state index in [-0.39, 0.29) is 23.1 Å². The fourth-order valence-corrected chi connectivity index (χ4v) is 3.84. The van der Waals surface area contributed by atoms with Crippen LogP contribution in [0.5, 0.6) is 5.75 Å². The molecule has 0 bridgehead atoms. The van der Waals surface area contributed by atoms with Crippen LogP contribution in [0.2, 0.25) is 0 Å². The fourth-order valence-electron chi connectivity index (χ4n) is 3.84. The topological polar surface area (TPSA) is 80.6 Å². The summed E-state index contributed by atoms with van der Waals surface area (Å²) in [4.78, 5) is 40.8.